The number of nitrogens with zero attached hydrogens (tertiary/aromatic N) is 3. The first-order valence-electron chi connectivity index (χ1n) is 9.89. The smallest absolute Gasteiger partial charge is 0.270 e. The van der Waals surface area contributed by atoms with Gasteiger partial charge in [-0.05, 0) is 56.1 Å². The van der Waals surface area contributed by atoms with Crippen LogP contribution in [0.4, 0.5) is 0 Å². The van der Waals surface area contributed by atoms with Gasteiger partial charge >= 0.3 is 0 Å². The zero-order chi connectivity index (χ0) is 20.4. The first kappa shape index (κ1) is 19.4. The summed E-state index contributed by atoms with van der Waals surface area (Å²) in [7, 11) is 3.09. The molecule has 1 N–H and O–H groups in total. The molecule has 3 saturated heterocycles. The van der Waals surface area contributed by atoms with Gasteiger partial charge in [-0.3, -0.25) is 9.59 Å². The van der Waals surface area contributed by atoms with E-state index in [-0.39, 0.29) is 24.1 Å². The molecule has 29 heavy (non-hydrogen) atoms. The van der Waals surface area contributed by atoms with Crippen LogP contribution in [0.5, 0.6) is 11.5 Å². The topological polar surface area (TPSA) is 85.7 Å². The van der Waals surface area contributed by atoms with Crippen LogP contribution in [0.3, 0.4) is 0 Å². The van der Waals surface area contributed by atoms with Crippen LogP contribution in [0.2, 0.25) is 0 Å². The maximum Gasteiger partial charge on any atom is 0.270 e. The molecular weight excluding hydrogens is 372 g/mol. The second-order valence-electron chi connectivity index (χ2n) is 7.60. The summed E-state index contributed by atoms with van der Waals surface area (Å²) in [5, 5.41) is 7.52. The first-order valence-corrected chi connectivity index (χ1v) is 9.89. The van der Waals surface area contributed by atoms with Crippen LogP contribution in [0.25, 0.3) is 11.3 Å². The minimum atomic E-state index is -0.372. The molecule has 154 valence electrons. The van der Waals surface area contributed by atoms with Gasteiger partial charge in [-0.1, -0.05) is 0 Å². The molecule has 1 unspecified atom stereocenters. The van der Waals surface area contributed by atoms with E-state index in [1.807, 2.05) is 24.3 Å². The molecule has 1 aromatic heterocycles. The van der Waals surface area contributed by atoms with Gasteiger partial charge in [0.1, 0.15) is 18.0 Å². The van der Waals surface area contributed by atoms with Crippen molar-refractivity contribution >= 4 is 5.91 Å². The fourth-order valence-electron chi connectivity index (χ4n) is 4.21. The molecule has 2 bridgehead atoms. The lowest BCUT2D eigenvalue weighted by atomic mass is 9.84. The molecule has 1 amide bonds. The summed E-state index contributed by atoms with van der Waals surface area (Å²) in [5.41, 5.74) is 0.905. The number of benzene rings is 1. The highest BCUT2D eigenvalue weighted by molar-refractivity contribution is 5.76. The Balaban J connectivity index is 1.53. The lowest BCUT2D eigenvalue weighted by Gasteiger charge is -2.44. The summed E-state index contributed by atoms with van der Waals surface area (Å²) in [6.45, 7) is 3.00. The largest absolute Gasteiger partial charge is 0.497 e. The Morgan fingerprint density at radius 1 is 1.17 bits per heavy atom. The van der Waals surface area contributed by atoms with E-state index >= 15 is 0 Å². The van der Waals surface area contributed by atoms with Crippen molar-refractivity contribution in [3.63, 3.8) is 0 Å². The molecule has 1 aromatic carbocycles. The van der Waals surface area contributed by atoms with Crippen molar-refractivity contribution in [3.05, 3.63) is 40.7 Å². The minimum Gasteiger partial charge on any atom is -0.497 e. The normalized spacial score (nSPS) is 22.9. The van der Waals surface area contributed by atoms with Gasteiger partial charge in [0.2, 0.25) is 5.91 Å². The van der Waals surface area contributed by atoms with Crippen molar-refractivity contribution in [2.24, 2.45) is 5.92 Å². The predicted octanol–water partition coefficient (Wildman–Crippen LogP) is 1.14. The molecule has 3 aliphatic rings. The van der Waals surface area contributed by atoms with Gasteiger partial charge in [0.15, 0.2) is 5.75 Å². The Bertz CT molecular complexity index is 933. The SMILES string of the molecule is COc1ccc(-c2nn(CC(=O)NC3CN4CCC3CC4)c(=O)cc2OC)cc1. The number of amides is 1. The van der Waals surface area contributed by atoms with E-state index < -0.39 is 0 Å². The summed E-state index contributed by atoms with van der Waals surface area (Å²) >= 11 is 0. The van der Waals surface area contributed by atoms with Gasteiger partial charge in [0.05, 0.1) is 14.2 Å². The molecule has 3 aliphatic heterocycles. The summed E-state index contributed by atoms with van der Waals surface area (Å²) in [6, 6.07) is 8.82. The maximum atomic E-state index is 12.6. The van der Waals surface area contributed by atoms with Crippen LogP contribution < -0.4 is 20.3 Å². The molecule has 0 saturated carbocycles. The number of rotatable bonds is 6. The van der Waals surface area contributed by atoms with Gasteiger partial charge in [-0.25, -0.2) is 4.68 Å². The average Bonchev–Trinajstić information content (AvgIpc) is 2.75. The van der Waals surface area contributed by atoms with E-state index in [1.165, 1.54) is 17.9 Å². The third-order valence-electron chi connectivity index (χ3n) is 5.84. The lowest BCUT2D eigenvalue weighted by molar-refractivity contribution is -0.124. The second kappa shape index (κ2) is 8.24. The summed E-state index contributed by atoms with van der Waals surface area (Å²) in [6.07, 6.45) is 2.24. The number of piperidine rings is 3. The van der Waals surface area contributed by atoms with Crippen molar-refractivity contribution < 1.29 is 14.3 Å². The molecule has 0 spiro atoms. The molecule has 5 rings (SSSR count). The van der Waals surface area contributed by atoms with E-state index in [1.54, 1.807) is 7.11 Å². The fraction of sp³-hybridized carbons (Fsp3) is 0.476. The third-order valence-corrected chi connectivity index (χ3v) is 5.84. The Morgan fingerprint density at radius 3 is 2.48 bits per heavy atom. The van der Waals surface area contributed by atoms with Crippen molar-refractivity contribution in [1.82, 2.24) is 20.0 Å². The number of ether oxygens (including phenoxy) is 2. The standard InChI is InChI=1S/C21H26N4O4/c1-28-16-5-3-15(4-6-16)21-18(29-2)11-20(27)25(23-21)13-19(26)22-17-12-24-9-7-14(17)8-10-24/h3-6,11,14,17H,7-10,12-13H2,1-2H3,(H,22,26). The van der Waals surface area contributed by atoms with Crippen molar-refractivity contribution in [3.8, 4) is 22.8 Å². The summed E-state index contributed by atoms with van der Waals surface area (Å²) in [4.78, 5) is 27.4. The molecule has 4 heterocycles. The van der Waals surface area contributed by atoms with Crippen LogP contribution in [0, 0.1) is 5.92 Å². The van der Waals surface area contributed by atoms with E-state index in [0.29, 0.717) is 17.4 Å². The first-order chi connectivity index (χ1) is 14.1. The second-order valence-corrected chi connectivity index (χ2v) is 7.60. The van der Waals surface area contributed by atoms with Gasteiger partial charge in [-0.2, -0.15) is 5.10 Å². The van der Waals surface area contributed by atoms with Crippen LogP contribution in [0.1, 0.15) is 12.8 Å². The van der Waals surface area contributed by atoms with Crippen molar-refractivity contribution in [1.29, 1.82) is 0 Å². The molecule has 2 aromatic rings. The average molecular weight is 398 g/mol. The van der Waals surface area contributed by atoms with Gasteiger partial charge in [-0.15, -0.1) is 0 Å². The zero-order valence-electron chi connectivity index (χ0n) is 16.8. The van der Waals surface area contributed by atoms with Crippen molar-refractivity contribution in [2.75, 3.05) is 33.9 Å². The summed E-state index contributed by atoms with van der Waals surface area (Å²) < 4.78 is 11.7. The van der Waals surface area contributed by atoms with Gasteiger partial charge in [0.25, 0.3) is 5.56 Å². The Morgan fingerprint density at radius 2 is 1.90 bits per heavy atom. The number of fused-ring (bicyclic) bond motifs is 3. The van der Waals surface area contributed by atoms with Crippen LogP contribution >= 0.6 is 0 Å². The molecule has 1 atom stereocenters. The predicted molar refractivity (Wildman–Crippen MR) is 108 cm³/mol. The van der Waals surface area contributed by atoms with Gasteiger partial charge < -0.3 is 19.7 Å². The number of hydrogen-bond donors (Lipinski definition) is 1. The Kier molecular flexibility index (Phi) is 5.53. The number of carbonyl (C=O) groups is 1. The summed E-state index contributed by atoms with van der Waals surface area (Å²) in [5.74, 6) is 1.43. The quantitative estimate of drug-likeness (QED) is 0.785. The monoisotopic (exact) mass is 398 g/mol. The third kappa shape index (κ3) is 4.12. The highest BCUT2D eigenvalue weighted by Gasteiger charge is 2.34. The molecule has 0 aliphatic carbocycles. The fourth-order valence-corrected chi connectivity index (χ4v) is 4.21. The van der Waals surface area contributed by atoms with E-state index in [9.17, 15) is 9.59 Å². The van der Waals surface area contributed by atoms with Gasteiger partial charge in [0, 0.05) is 24.2 Å². The highest BCUT2D eigenvalue weighted by atomic mass is 16.5. The minimum absolute atomic E-state index is 0.116. The van der Waals surface area contributed by atoms with Crippen molar-refractivity contribution in [2.45, 2.75) is 25.4 Å². The Labute approximate surface area is 169 Å². The number of carbonyl (C=O) groups excluding carboxylic acids is 1. The van der Waals surface area contributed by atoms with Crippen LogP contribution in [0.15, 0.2) is 35.1 Å². The van der Waals surface area contributed by atoms with Crippen LogP contribution in [-0.2, 0) is 11.3 Å². The number of nitrogens with one attached hydrogen (secondary N) is 1. The lowest BCUT2D eigenvalue weighted by Crippen LogP contribution is -2.57. The van der Waals surface area contributed by atoms with E-state index in [2.05, 4.69) is 15.3 Å². The molecular formula is C21H26N4O4. The maximum absolute atomic E-state index is 12.6. The zero-order valence-corrected chi connectivity index (χ0v) is 16.8. The molecule has 8 nitrogen and oxygen atoms in total. The molecule has 8 heteroatoms. The number of hydrogen-bond acceptors (Lipinski definition) is 6. The highest BCUT2D eigenvalue weighted by Crippen LogP contribution is 2.28. The number of aromatic nitrogens is 2. The van der Waals surface area contributed by atoms with E-state index in [0.717, 1.165) is 43.8 Å². The van der Waals surface area contributed by atoms with E-state index in [4.69, 9.17) is 9.47 Å². The molecule has 3 fully saturated rings. The number of methoxy groups -OCH3 is 2. The Hall–Kier alpha value is -2.87. The molecule has 0 radical (unpaired) electrons. The van der Waals surface area contributed by atoms with Crippen LogP contribution in [-0.4, -0.2) is 60.5 Å².